The summed E-state index contributed by atoms with van der Waals surface area (Å²) < 4.78 is 5.46. The van der Waals surface area contributed by atoms with Crippen LogP contribution in [0, 0.1) is 5.92 Å². The van der Waals surface area contributed by atoms with Crippen LogP contribution in [-0.2, 0) is 4.74 Å². The van der Waals surface area contributed by atoms with Gasteiger partial charge >= 0.3 is 0 Å². The zero-order valence-corrected chi connectivity index (χ0v) is 12.9. The number of likely N-dealkylation sites (tertiary alicyclic amines) is 1. The fourth-order valence-corrected chi connectivity index (χ4v) is 4.03. The molecule has 20 heavy (non-hydrogen) atoms. The summed E-state index contributed by atoms with van der Waals surface area (Å²) >= 11 is 0. The Morgan fingerprint density at radius 2 is 1.80 bits per heavy atom. The van der Waals surface area contributed by atoms with E-state index in [-0.39, 0.29) is 0 Å². The van der Waals surface area contributed by atoms with Crippen LogP contribution in [0.15, 0.2) is 0 Å². The first-order valence-electron chi connectivity index (χ1n) is 8.67. The lowest BCUT2D eigenvalue weighted by molar-refractivity contribution is 0.0185. The average Bonchev–Trinajstić information content (AvgIpc) is 2.98. The van der Waals surface area contributed by atoms with E-state index in [2.05, 4.69) is 15.1 Å². The van der Waals surface area contributed by atoms with Gasteiger partial charge in [0, 0.05) is 25.7 Å². The second kappa shape index (κ2) is 7.74. The fourth-order valence-electron chi connectivity index (χ4n) is 4.03. The fraction of sp³-hybridized carbons (Fsp3) is 1.00. The van der Waals surface area contributed by atoms with Crippen molar-refractivity contribution < 1.29 is 4.74 Å². The zero-order chi connectivity index (χ0) is 13.6. The number of nitrogens with one attached hydrogen (secondary N) is 1. The molecule has 1 unspecified atom stereocenters. The minimum Gasteiger partial charge on any atom is -0.379 e. The van der Waals surface area contributed by atoms with Crippen molar-refractivity contribution in [2.45, 2.75) is 38.1 Å². The maximum atomic E-state index is 5.46. The van der Waals surface area contributed by atoms with Crippen LogP contribution >= 0.6 is 0 Å². The molecule has 0 bridgehead atoms. The van der Waals surface area contributed by atoms with Gasteiger partial charge in [-0.3, -0.25) is 4.90 Å². The Hall–Kier alpha value is -0.160. The Bertz CT molecular complexity index is 275. The molecule has 4 heteroatoms. The van der Waals surface area contributed by atoms with Gasteiger partial charge in [0.25, 0.3) is 0 Å². The van der Waals surface area contributed by atoms with Crippen molar-refractivity contribution in [1.29, 1.82) is 0 Å². The summed E-state index contributed by atoms with van der Waals surface area (Å²) in [6.45, 7) is 10.6. The third-order valence-electron chi connectivity index (χ3n) is 5.36. The molecule has 0 aromatic rings. The van der Waals surface area contributed by atoms with Gasteiger partial charge in [0.2, 0.25) is 0 Å². The van der Waals surface area contributed by atoms with Gasteiger partial charge in [-0.1, -0.05) is 0 Å². The third kappa shape index (κ3) is 4.17. The minimum atomic E-state index is 0.804. The number of rotatable bonds is 5. The normalized spacial score (nSPS) is 30.9. The number of nitrogens with zero attached hydrogens (tertiary/aromatic N) is 2. The molecule has 3 fully saturated rings. The highest BCUT2D eigenvalue weighted by Crippen LogP contribution is 2.20. The second-order valence-electron chi connectivity index (χ2n) is 6.73. The van der Waals surface area contributed by atoms with Crippen molar-refractivity contribution in [3.8, 4) is 0 Å². The quantitative estimate of drug-likeness (QED) is 0.819. The van der Waals surface area contributed by atoms with Gasteiger partial charge in [-0.25, -0.2) is 0 Å². The second-order valence-corrected chi connectivity index (χ2v) is 6.73. The van der Waals surface area contributed by atoms with Gasteiger partial charge in [0.15, 0.2) is 0 Å². The van der Waals surface area contributed by atoms with Crippen molar-refractivity contribution >= 4 is 0 Å². The van der Waals surface area contributed by atoms with Crippen LogP contribution in [0.25, 0.3) is 0 Å². The summed E-state index contributed by atoms with van der Waals surface area (Å²) in [6, 6.07) is 0.804. The van der Waals surface area contributed by atoms with Gasteiger partial charge in [0.1, 0.15) is 0 Å². The van der Waals surface area contributed by atoms with Gasteiger partial charge in [-0.2, -0.15) is 0 Å². The van der Waals surface area contributed by atoms with E-state index in [1.807, 2.05) is 0 Å². The Kier molecular flexibility index (Phi) is 5.71. The Balaban J connectivity index is 1.31. The Labute approximate surface area is 123 Å². The van der Waals surface area contributed by atoms with Crippen LogP contribution < -0.4 is 5.32 Å². The van der Waals surface area contributed by atoms with E-state index in [4.69, 9.17) is 4.74 Å². The molecule has 0 aromatic heterocycles. The zero-order valence-electron chi connectivity index (χ0n) is 12.9. The lowest BCUT2D eigenvalue weighted by Gasteiger charge is -2.32. The van der Waals surface area contributed by atoms with Crippen LogP contribution in [0.2, 0.25) is 0 Å². The van der Waals surface area contributed by atoms with Crippen LogP contribution in [-0.4, -0.2) is 74.9 Å². The highest BCUT2D eigenvalue weighted by Gasteiger charge is 2.28. The summed E-state index contributed by atoms with van der Waals surface area (Å²) in [4.78, 5) is 5.34. The summed E-state index contributed by atoms with van der Waals surface area (Å²) in [5.41, 5.74) is 0. The SMILES string of the molecule is C(CC1CCNCC1)CN1CCC(N2CCOCC2)C1. The standard InChI is InChI=1S/C16H31N3O/c1(2-15-3-6-17-7-4-15)8-18-9-5-16(14-18)19-10-12-20-13-11-19/h15-17H,1-14H2. The summed E-state index contributed by atoms with van der Waals surface area (Å²) in [7, 11) is 0. The molecule has 3 aliphatic rings. The molecule has 3 rings (SSSR count). The molecule has 0 aliphatic carbocycles. The lowest BCUT2D eigenvalue weighted by atomic mass is 9.93. The smallest absolute Gasteiger partial charge is 0.0594 e. The molecule has 116 valence electrons. The van der Waals surface area contributed by atoms with Gasteiger partial charge in [-0.05, 0) is 64.2 Å². The molecule has 3 heterocycles. The van der Waals surface area contributed by atoms with E-state index in [0.29, 0.717) is 0 Å². The van der Waals surface area contributed by atoms with Crippen molar-refractivity contribution in [1.82, 2.24) is 15.1 Å². The maximum Gasteiger partial charge on any atom is 0.0594 e. The molecule has 1 atom stereocenters. The first-order valence-corrected chi connectivity index (χ1v) is 8.67. The van der Waals surface area contributed by atoms with E-state index in [9.17, 15) is 0 Å². The molecular formula is C16H31N3O. The molecule has 0 amide bonds. The molecule has 1 N–H and O–H groups in total. The predicted octanol–water partition coefficient (Wildman–Crippen LogP) is 1.17. The molecule has 0 radical (unpaired) electrons. The van der Waals surface area contributed by atoms with Crippen molar-refractivity contribution in [2.24, 2.45) is 5.92 Å². The first-order chi connectivity index (χ1) is 9.92. The predicted molar refractivity (Wildman–Crippen MR) is 82.1 cm³/mol. The summed E-state index contributed by atoms with van der Waals surface area (Å²) in [6.07, 6.45) is 7.01. The molecule has 0 saturated carbocycles. The summed E-state index contributed by atoms with van der Waals surface area (Å²) in [5.74, 6) is 0.994. The number of hydrogen-bond acceptors (Lipinski definition) is 4. The molecule has 4 nitrogen and oxygen atoms in total. The van der Waals surface area contributed by atoms with Crippen molar-refractivity contribution in [3.63, 3.8) is 0 Å². The van der Waals surface area contributed by atoms with Crippen LogP contribution in [0.5, 0.6) is 0 Å². The number of ether oxygens (including phenoxy) is 1. The van der Waals surface area contributed by atoms with Crippen molar-refractivity contribution in [2.75, 3.05) is 59.0 Å². The molecule has 3 aliphatic heterocycles. The van der Waals surface area contributed by atoms with Crippen LogP contribution in [0.4, 0.5) is 0 Å². The number of piperidine rings is 1. The minimum absolute atomic E-state index is 0.804. The van der Waals surface area contributed by atoms with E-state index < -0.39 is 0 Å². The van der Waals surface area contributed by atoms with Gasteiger partial charge in [-0.15, -0.1) is 0 Å². The van der Waals surface area contributed by atoms with Crippen LogP contribution in [0.1, 0.15) is 32.1 Å². The average molecular weight is 281 g/mol. The highest BCUT2D eigenvalue weighted by molar-refractivity contribution is 4.84. The molecule has 0 spiro atoms. The van der Waals surface area contributed by atoms with E-state index in [1.54, 1.807) is 0 Å². The third-order valence-corrected chi connectivity index (χ3v) is 5.36. The van der Waals surface area contributed by atoms with E-state index in [1.165, 1.54) is 64.8 Å². The number of morpholine rings is 1. The topological polar surface area (TPSA) is 27.7 Å². The monoisotopic (exact) mass is 281 g/mol. The van der Waals surface area contributed by atoms with E-state index >= 15 is 0 Å². The number of hydrogen-bond donors (Lipinski definition) is 1. The molecular weight excluding hydrogens is 250 g/mol. The highest BCUT2D eigenvalue weighted by atomic mass is 16.5. The lowest BCUT2D eigenvalue weighted by Crippen LogP contribution is -2.44. The van der Waals surface area contributed by atoms with Gasteiger partial charge < -0.3 is 15.0 Å². The van der Waals surface area contributed by atoms with Crippen LogP contribution in [0.3, 0.4) is 0 Å². The van der Waals surface area contributed by atoms with Crippen molar-refractivity contribution in [3.05, 3.63) is 0 Å². The first kappa shape index (κ1) is 14.8. The molecule has 0 aromatic carbocycles. The maximum absolute atomic E-state index is 5.46. The Morgan fingerprint density at radius 3 is 2.60 bits per heavy atom. The largest absolute Gasteiger partial charge is 0.379 e. The summed E-state index contributed by atoms with van der Waals surface area (Å²) in [5, 5.41) is 3.46. The Morgan fingerprint density at radius 1 is 1.00 bits per heavy atom. The van der Waals surface area contributed by atoms with E-state index in [0.717, 1.165) is 38.3 Å². The molecule has 3 saturated heterocycles. The van der Waals surface area contributed by atoms with Gasteiger partial charge in [0.05, 0.1) is 13.2 Å².